The molecular weight excluding hydrogens is 226 g/mol. The van der Waals surface area contributed by atoms with E-state index in [4.69, 9.17) is 0 Å². The molecule has 1 fully saturated rings. The number of aliphatic hydroxyl groups is 1. The number of hydrogen-bond donors (Lipinski definition) is 2. The van der Waals surface area contributed by atoms with Crippen molar-refractivity contribution in [3.8, 4) is 0 Å². The molecule has 0 bridgehead atoms. The summed E-state index contributed by atoms with van der Waals surface area (Å²) < 4.78 is 2.08. The number of nitrogens with one attached hydrogen (secondary N) is 1. The number of aromatic nitrogens is 2. The number of aryl methyl sites for hydroxylation is 2. The molecule has 2 N–H and O–H groups in total. The van der Waals surface area contributed by atoms with Crippen molar-refractivity contribution < 1.29 is 5.11 Å². The van der Waals surface area contributed by atoms with Crippen molar-refractivity contribution in [1.82, 2.24) is 15.1 Å². The maximum absolute atomic E-state index is 9.49. The van der Waals surface area contributed by atoms with Crippen LogP contribution in [0, 0.1) is 5.92 Å². The fourth-order valence-electron chi connectivity index (χ4n) is 2.74. The zero-order valence-electron chi connectivity index (χ0n) is 11.5. The van der Waals surface area contributed by atoms with Crippen molar-refractivity contribution in [2.24, 2.45) is 5.92 Å². The average Bonchev–Trinajstić information content (AvgIpc) is 2.95. The van der Waals surface area contributed by atoms with Gasteiger partial charge in [0.1, 0.15) is 0 Å². The monoisotopic (exact) mass is 251 g/mol. The van der Waals surface area contributed by atoms with Gasteiger partial charge in [0.05, 0.1) is 17.5 Å². The Morgan fingerprint density at radius 2 is 2.28 bits per heavy atom. The van der Waals surface area contributed by atoms with Gasteiger partial charge in [0.15, 0.2) is 0 Å². The van der Waals surface area contributed by atoms with Crippen molar-refractivity contribution in [1.29, 1.82) is 0 Å². The van der Waals surface area contributed by atoms with E-state index in [-0.39, 0.29) is 6.10 Å². The fourth-order valence-corrected chi connectivity index (χ4v) is 2.74. The first-order chi connectivity index (χ1) is 8.72. The lowest BCUT2D eigenvalue weighted by Gasteiger charge is -2.11. The molecule has 2 atom stereocenters. The molecule has 18 heavy (non-hydrogen) atoms. The zero-order valence-corrected chi connectivity index (χ0v) is 11.5. The molecule has 1 aromatic heterocycles. The molecule has 0 amide bonds. The molecule has 0 saturated heterocycles. The minimum Gasteiger partial charge on any atom is -0.393 e. The van der Waals surface area contributed by atoms with Crippen LogP contribution in [0.3, 0.4) is 0 Å². The SMILES string of the molecule is CCc1cc(CNCC2CCC(O)C2)n(CC)n1. The Kier molecular flexibility index (Phi) is 4.78. The van der Waals surface area contributed by atoms with Crippen LogP contribution in [0.5, 0.6) is 0 Å². The predicted molar refractivity (Wildman–Crippen MR) is 72.3 cm³/mol. The molecule has 2 unspecified atom stereocenters. The van der Waals surface area contributed by atoms with Gasteiger partial charge < -0.3 is 10.4 Å². The highest BCUT2D eigenvalue weighted by Crippen LogP contribution is 2.24. The third kappa shape index (κ3) is 3.33. The molecule has 1 saturated carbocycles. The van der Waals surface area contributed by atoms with Crippen molar-refractivity contribution in [3.63, 3.8) is 0 Å². The van der Waals surface area contributed by atoms with Gasteiger partial charge in [-0.3, -0.25) is 4.68 Å². The summed E-state index contributed by atoms with van der Waals surface area (Å²) in [5.41, 5.74) is 2.44. The molecule has 0 radical (unpaired) electrons. The van der Waals surface area contributed by atoms with Gasteiger partial charge in [0.2, 0.25) is 0 Å². The van der Waals surface area contributed by atoms with Crippen molar-refractivity contribution in [2.75, 3.05) is 6.54 Å². The van der Waals surface area contributed by atoms with Crippen molar-refractivity contribution >= 4 is 0 Å². The van der Waals surface area contributed by atoms with Crippen LogP contribution in [0.25, 0.3) is 0 Å². The maximum atomic E-state index is 9.49. The van der Waals surface area contributed by atoms with E-state index < -0.39 is 0 Å². The van der Waals surface area contributed by atoms with Crippen molar-refractivity contribution in [2.45, 2.75) is 58.7 Å². The summed E-state index contributed by atoms with van der Waals surface area (Å²) in [7, 11) is 0. The van der Waals surface area contributed by atoms with Crippen LogP contribution in [0.2, 0.25) is 0 Å². The van der Waals surface area contributed by atoms with E-state index in [1.54, 1.807) is 0 Å². The van der Waals surface area contributed by atoms with Gasteiger partial charge in [-0.1, -0.05) is 6.92 Å². The summed E-state index contributed by atoms with van der Waals surface area (Å²) in [6.45, 7) is 7.09. The van der Waals surface area contributed by atoms with Crippen molar-refractivity contribution in [3.05, 3.63) is 17.5 Å². The molecule has 1 heterocycles. The first-order valence-electron chi connectivity index (χ1n) is 7.17. The van der Waals surface area contributed by atoms with Crippen LogP contribution in [0.4, 0.5) is 0 Å². The lowest BCUT2D eigenvalue weighted by atomic mass is 10.1. The summed E-state index contributed by atoms with van der Waals surface area (Å²) in [5.74, 6) is 0.642. The van der Waals surface area contributed by atoms with Crippen LogP contribution < -0.4 is 5.32 Å². The second kappa shape index (κ2) is 6.34. The van der Waals surface area contributed by atoms with E-state index in [2.05, 4.69) is 35.0 Å². The van der Waals surface area contributed by atoms with Gasteiger partial charge in [0.25, 0.3) is 0 Å². The van der Waals surface area contributed by atoms with Crippen LogP contribution in [0.1, 0.15) is 44.5 Å². The number of rotatable bonds is 6. The molecule has 1 aromatic rings. The van der Waals surface area contributed by atoms with E-state index in [1.165, 1.54) is 11.4 Å². The van der Waals surface area contributed by atoms with E-state index in [1.807, 2.05) is 0 Å². The quantitative estimate of drug-likeness (QED) is 0.809. The van der Waals surface area contributed by atoms with E-state index in [0.717, 1.165) is 45.3 Å². The smallest absolute Gasteiger partial charge is 0.0625 e. The molecule has 4 nitrogen and oxygen atoms in total. The molecule has 102 valence electrons. The lowest BCUT2D eigenvalue weighted by Crippen LogP contribution is -2.23. The van der Waals surface area contributed by atoms with Gasteiger partial charge in [0, 0.05) is 13.1 Å². The minimum atomic E-state index is -0.0651. The van der Waals surface area contributed by atoms with Gasteiger partial charge >= 0.3 is 0 Å². The first kappa shape index (κ1) is 13.6. The standard InChI is InChI=1S/C14H25N3O/c1-3-12-8-13(17(4-2)16-12)10-15-9-11-5-6-14(18)7-11/h8,11,14-15,18H,3-7,9-10H2,1-2H3. The third-order valence-corrected chi connectivity index (χ3v) is 3.83. The molecule has 4 heteroatoms. The first-order valence-corrected chi connectivity index (χ1v) is 7.17. The van der Waals surface area contributed by atoms with Crippen LogP contribution in [-0.2, 0) is 19.5 Å². The largest absolute Gasteiger partial charge is 0.393 e. The van der Waals surface area contributed by atoms with Crippen LogP contribution in [-0.4, -0.2) is 27.5 Å². The van der Waals surface area contributed by atoms with E-state index in [0.29, 0.717) is 5.92 Å². The Balaban J connectivity index is 1.80. The molecular formula is C14H25N3O. The highest BCUT2D eigenvalue weighted by Gasteiger charge is 2.22. The molecule has 2 rings (SSSR count). The molecule has 0 spiro atoms. The van der Waals surface area contributed by atoms with Crippen LogP contribution >= 0.6 is 0 Å². The highest BCUT2D eigenvalue weighted by atomic mass is 16.3. The zero-order chi connectivity index (χ0) is 13.0. The molecule has 1 aliphatic carbocycles. The minimum absolute atomic E-state index is 0.0651. The van der Waals surface area contributed by atoms with Gasteiger partial charge in [-0.05, 0) is 51.1 Å². The number of hydrogen-bond acceptors (Lipinski definition) is 3. The predicted octanol–water partition coefficient (Wildman–Crippen LogP) is 1.72. The maximum Gasteiger partial charge on any atom is 0.0625 e. The highest BCUT2D eigenvalue weighted by molar-refractivity contribution is 5.10. The molecule has 0 aromatic carbocycles. The van der Waals surface area contributed by atoms with E-state index >= 15 is 0 Å². The van der Waals surface area contributed by atoms with E-state index in [9.17, 15) is 5.11 Å². The average molecular weight is 251 g/mol. The molecule has 1 aliphatic rings. The van der Waals surface area contributed by atoms with Gasteiger partial charge in [-0.25, -0.2) is 0 Å². The summed E-state index contributed by atoms with van der Waals surface area (Å²) in [6.07, 6.45) is 4.01. The second-order valence-corrected chi connectivity index (χ2v) is 5.26. The Morgan fingerprint density at radius 1 is 1.44 bits per heavy atom. The Hall–Kier alpha value is -0.870. The van der Waals surface area contributed by atoms with Gasteiger partial charge in [-0.15, -0.1) is 0 Å². The Bertz CT molecular complexity index is 375. The second-order valence-electron chi connectivity index (χ2n) is 5.26. The molecule has 0 aliphatic heterocycles. The Morgan fingerprint density at radius 3 is 2.89 bits per heavy atom. The number of aliphatic hydroxyl groups excluding tert-OH is 1. The topological polar surface area (TPSA) is 50.1 Å². The van der Waals surface area contributed by atoms with Crippen LogP contribution in [0.15, 0.2) is 6.07 Å². The van der Waals surface area contributed by atoms with Gasteiger partial charge in [-0.2, -0.15) is 5.10 Å². The normalized spacial score (nSPS) is 23.7. The summed E-state index contributed by atoms with van der Waals surface area (Å²) >= 11 is 0. The summed E-state index contributed by atoms with van der Waals surface area (Å²) in [5, 5.41) is 17.5. The fraction of sp³-hybridized carbons (Fsp3) is 0.786. The summed E-state index contributed by atoms with van der Waals surface area (Å²) in [4.78, 5) is 0. The lowest BCUT2D eigenvalue weighted by molar-refractivity contribution is 0.177. The summed E-state index contributed by atoms with van der Waals surface area (Å²) in [6, 6.07) is 2.19. The number of nitrogens with zero attached hydrogens (tertiary/aromatic N) is 2. The third-order valence-electron chi connectivity index (χ3n) is 3.83. The Labute approximate surface area is 109 Å².